The number of hydrogen-bond donors (Lipinski definition) is 2. The van der Waals surface area contributed by atoms with E-state index in [4.69, 9.17) is 4.74 Å². The van der Waals surface area contributed by atoms with Crippen LogP contribution in [-0.4, -0.2) is 32.4 Å². The van der Waals surface area contributed by atoms with E-state index in [2.05, 4.69) is 10.0 Å². The lowest BCUT2D eigenvalue weighted by atomic mass is 10.1. The van der Waals surface area contributed by atoms with Crippen LogP contribution >= 0.6 is 0 Å². The SMILES string of the molecule is CC[C@H](C)NC(=O)c1ccccc1NS(=O)(=O)c1cc([N+](=O)[O-])ccc1OC. The van der Waals surface area contributed by atoms with Crippen LogP contribution in [-0.2, 0) is 10.0 Å². The van der Waals surface area contributed by atoms with Gasteiger partial charge in [-0.2, -0.15) is 0 Å². The molecule has 2 rings (SSSR count). The number of amides is 1. The molecule has 150 valence electrons. The molecular formula is C18H21N3O6S. The smallest absolute Gasteiger partial charge is 0.271 e. The molecule has 0 radical (unpaired) electrons. The van der Waals surface area contributed by atoms with Gasteiger partial charge in [0.15, 0.2) is 0 Å². The van der Waals surface area contributed by atoms with Crippen molar-refractivity contribution in [1.29, 1.82) is 0 Å². The number of methoxy groups -OCH3 is 1. The lowest BCUT2D eigenvalue weighted by Gasteiger charge is -2.16. The number of anilines is 1. The lowest BCUT2D eigenvalue weighted by Crippen LogP contribution is -2.32. The molecule has 0 aliphatic rings. The molecule has 1 amide bonds. The first-order valence-corrected chi connectivity index (χ1v) is 9.93. The van der Waals surface area contributed by atoms with Crippen molar-refractivity contribution in [2.75, 3.05) is 11.8 Å². The first kappa shape index (κ1) is 21.2. The number of nitro groups is 1. The number of hydrogen-bond acceptors (Lipinski definition) is 6. The number of sulfonamides is 1. The highest BCUT2D eigenvalue weighted by molar-refractivity contribution is 7.92. The van der Waals surface area contributed by atoms with E-state index in [0.717, 1.165) is 12.1 Å². The Morgan fingerprint density at radius 1 is 1.25 bits per heavy atom. The summed E-state index contributed by atoms with van der Waals surface area (Å²) in [5, 5.41) is 13.8. The number of non-ortho nitro benzene ring substituents is 1. The Bertz CT molecular complexity index is 991. The van der Waals surface area contributed by atoms with Crippen molar-refractivity contribution < 1.29 is 22.9 Å². The number of nitrogens with one attached hydrogen (secondary N) is 2. The maximum atomic E-state index is 12.9. The average molecular weight is 407 g/mol. The van der Waals surface area contributed by atoms with Crippen molar-refractivity contribution >= 4 is 27.3 Å². The molecule has 0 heterocycles. The van der Waals surface area contributed by atoms with E-state index in [0.29, 0.717) is 6.42 Å². The number of carbonyl (C=O) groups is 1. The van der Waals surface area contributed by atoms with Gasteiger partial charge in [0.05, 0.1) is 23.3 Å². The quantitative estimate of drug-likeness (QED) is 0.511. The Labute approximate surface area is 162 Å². The normalized spacial score (nSPS) is 12.1. The van der Waals surface area contributed by atoms with Crippen molar-refractivity contribution in [3.05, 3.63) is 58.1 Å². The maximum Gasteiger partial charge on any atom is 0.271 e. The number of para-hydroxylation sites is 1. The molecule has 0 aromatic heterocycles. The Balaban J connectivity index is 2.45. The highest BCUT2D eigenvalue weighted by Gasteiger charge is 2.25. The van der Waals surface area contributed by atoms with Gasteiger partial charge < -0.3 is 10.1 Å². The van der Waals surface area contributed by atoms with Gasteiger partial charge in [0.2, 0.25) is 0 Å². The van der Waals surface area contributed by atoms with Crippen LogP contribution in [0.4, 0.5) is 11.4 Å². The van der Waals surface area contributed by atoms with Crippen LogP contribution in [0.25, 0.3) is 0 Å². The molecule has 2 aromatic carbocycles. The number of nitrogens with zero attached hydrogens (tertiary/aromatic N) is 1. The molecule has 0 aliphatic heterocycles. The second kappa shape index (κ2) is 8.70. The molecule has 2 aromatic rings. The molecule has 0 aliphatic carbocycles. The molecule has 0 saturated carbocycles. The van der Waals surface area contributed by atoms with Gasteiger partial charge in [0.25, 0.3) is 21.6 Å². The first-order chi connectivity index (χ1) is 13.2. The molecule has 1 atom stereocenters. The fraction of sp³-hybridized carbons (Fsp3) is 0.278. The minimum atomic E-state index is -4.26. The summed E-state index contributed by atoms with van der Waals surface area (Å²) in [7, 11) is -3.00. The number of ether oxygens (including phenoxy) is 1. The molecular weight excluding hydrogens is 386 g/mol. The Morgan fingerprint density at radius 3 is 2.54 bits per heavy atom. The largest absolute Gasteiger partial charge is 0.495 e. The molecule has 2 N–H and O–H groups in total. The van der Waals surface area contributed by atoms with Crippen LogP contribution in [0.5, 0.6) is 5.75 Å². The van der Waals surface area contributed by atoms with Gasteiger partial charge in [-0.3, -0.25) is 19.6 Å². The standard InChI is InChI=1S/C18H21N3O6S/c1-4-12(2)19-18(22)14-7-5-6-8-15(14)20-28(25,26)17-11-13(21(23)24)9-10-16(17)27-3/h5-12,20H,4H2,1-3H3,(H,19,22)/t12-/m0/s1. The second-order valence-corrected chi connectivity index (χ2v) is 7.68. The summed E-state index contributed by atoms with van der Waals surface area (Å²) in [6.07, 6.45) is 0.713. The monoisotopic (exact) mass is 407 g/mol. The van der Waals surface area contributed by atoms with E-state index in [9.17, 15) is 23.3 Å². The second-order valence-electron chi connectivity index (χ2n) is 6.03. The summed E-state index contributed by atoms with van der Waals surface area (Å²) in [5.41, 5.74) is -0.211. The molecule has 0 saturated heterocycles. The third-order valence-electron chi connectivity index (χ3n) is 4.05. The van der Waals surface area contributed by atoms with E-state index >= 15 is 0 Å². The van der Waals surface area contributed by atoms with Crippen molar-refractivity contribution in [3.63, 3.8) is 0 Å². The van der Waals surface area contributed by atoms with Gasteiger partial charge >= 0.3 is 0 Å². The van der Waals surface area contributed by atoms with Crippen LogP contribution in [0.1, 0.15) is 30.6 Å². The highest BCUT2D eigenvalue weighted by atomic mass is 32.2. The first-order valence-electron chi connectivity index (χ1n) is 8.44. The lowest BCUT2D eigenvalue weighted by molar-refractivity contribution is -0.385. The van der Waals surface area contributed by atoms with Gasteiger partial charge in [-0.1, -0.05) is 19.1 Å². The topological polar surface area (TPSA) is 128 Å². The van der Waals surface area contributed by atoms with Crippen molar-refractivity contribution in [2.45, 2.75) is 31.2 Å². The number of benzene rings is 2. The fourth-order valence-corrected chi connectivity index (χ4v) is 3.63. The van der Waals surface area contributed by atoms with Crippen molar-refractivity contribution in [3.8, 4) is 5.75 Å². The minimum Gasteiger partial charge on any atom is -0.495 e. The van der Waals surface area contributed by atoms with Crippen LogP contribution in [0.3, 0.4) is 0 Å². The summed E-state index contributed by atoms with van der Waals surface area (Å²) in [5.74, 6) is -0.488. The van der Waals surface area contributed by atoms with Crippen molar-refractivity contribution in [2.24, 2.45) is 0 Å². The summed E-state index contributed by atoms with van der Waals surface area (Å²) in [4.78, 5) is 22.4. The number of carbonyl (C=O) groups excluding carboxylic acids is 1. The summed E-state index contributed by atoms with van der Waals surface area (Å²) in [6.45, 7) is 3.74. The van der Waals surface area contributed by atoms with Crippen LogP contribution in [0.15, 0.2) is 47.4 Å². The molecule has 0 unspecified atom stereocenters. The fourth-order valence-electron chi connectivity index (χ4n) is 2.36. The van der Waals surface area contributed by atoms with E-state index in [-0.39, 0.29) is 23.0 Å². The van der Waals surface area contributed by atoms with E-state index in [1.54, 1.807) is 12.1 Å². The van der Waals surface area contributed by atoms with Crippen molar-refractivity contribution in [1.82, 2.24) is 5.32 Å². The molecule has 9 nitrogen and oxygen atoms in total. The maximum absolute atomic E-state index is 12.9. The Morgan fingerprint density at radius 2 is 1.93 bits per heavy atom. The zero-order valence-electron chi connectivity index (χ0n) is 15.6. The van der Waals surface area contributed by atoms with E-state index < -0.39 is 31.4 Å². The van der Waals surface area contributed by atoms with Crippen LogP contribution in [0.2, 0.25) is 0 Å². The Kier molecular flexibility index (Phi) is 6.57. The third kappa shape index (κ3) is 4.77. The van der Waals surface area contributed by atoms with Crippen LogP contribution < -0.4 is 14.8 Å². The van der Waals surface area contributed by atoms with E-state index in [1.165, 1.54) is 25.3 Å². The van der Waals surface area contributed by atoms with E-state index in [1.807, 2.05) is 13.8 Å². The predicted molar refractivity (Wildman–Crippen MR) is 104 cm³/mol. The number of rotatable bonds is 8. The highest BCUT2D eigenvalue weighted by Crippen LogP contribution is 2.30. The van der Waals surface area contributed by atoms with Gasteiger partial charge in [-0.05, 0) is 31.5 Å². The molecule has 0 spiro atoms. The molecule has 0 fully saturated rings. The minimum absolute atomic E-state index is 0.0527. The Hall–Kier alpha value is -3.14. The summed E-state index contributed by atoms with van der Waals surface area (Å²) < 4.78 is 33.1. The summed E-state index contributed by atoms with van der Waals surface area (Å²) >= 11 is 0. The average Bonchev–Trinajstić information content (AvgIpc) is 2.67. The van der Waals surface area contributed by atoms with Gasteiger partial charge in [0, 0.05) is 18.2 Å². The molecule has 10 heteroatoms. The summed E-state index contributed by atoms with van der Waals surface area (Å²) in [6, 6.07) is 9.27. The zero-order chi connectivity index (χ0) is 20.9. The third-order valence-corrected chi connectivity index (χ3v) is 5.44. The van der Waals surface area contributed by atoms with Crippen LogP contribution in [0, 0.1) is 10.1 Å². The molecule has 0 bridgehead atoms. The zero-order valence-corrected chi connectivity index (χ0v) is 16.4. The van der Waals surface area contributed by atoms with Gasteiger partial charge in [-0.15, -0.1) is 0 Å². The number of nitro benzene ring substituents is 1. The molecule has 28 heavy (non-hydrogen) atoms. The van der Waals surface area contributed by atoms with Gasteiger partial charge in [-0.25, -0.2) is 8.42 Å². The van der Waals surface area contributed by atoms with Gasteiger partial charge in [0.1, 0.15) is 10.6 Å². The predicted octanol–water partition coefficient (Wildman–Crippen LogP) is 2.93.